The third-order valence-electron chi connectivity index (χ3n) is 4.03. The minimum atomic E-state index is -0.457. The third-order valence-corrected chi connectivity index (χ3v) is 4.03. The van der Waals surface area contributed by atoms with Crippen LogP contribution in [-0.4, -0.2) is 31.2 Å². The summed E-state index contributed by atoms with van der Waals surface area (Å²) in [6.07, 6.45) is 6.80. The standard InChI is InChI=1S/C12H18O3/c1-11(13-2)7-10-12(15-11)6-4-3-5-9(12)8-14-10/h5,10H,3-4,6-8H2,1-2H3/t10-,11-,12?/m0/s1. The van der Waals surface area contributed by atoms with Crippen LogP contribution in [0.5, 0.6) is 0 Å². The number of methoxy groups -OCH3 is 1. The van der Waals surface area contributed by atoms with E-state index in [0.717, 1.165) is 19.4 Å². The van der Waals surface area contributed by atoms with Gasteiger partial charge in [0.05, 0.1) is 12.7 Å². The Balaban J connectivity index is 1.96. The van der Waals surface area contributed by atoms with Crippen molar-refractivity contribution < 1.29 is 14.2 Å². The lowest BCUT2D eigenvalue weighted by Gasteiger charge is -2.34. The van der Waals surface area contributed by atoms with Crippen molar-refractivity contribution in [3.63, 3.8) is 0 Å². The van der Waals surface area contributed by atoms with Crippen LogP contribution in [0.15, 0.2) is 11.6 Å². The van der Waals surface area contributed by atoms with E-state index in [0.29, 0.717) is 0 Å². The molecule has 0 aromatic heterocycles. The molecule has 3 nitrogen and oxygen atoms in total. The lowest BCUT2D eigenvalue weighted by atomic mass is 9.81. The molecule has 0 amide bonds. The van der Waals surface area contributed by atoms with Crippen LogP contribution in [-0.2, 0) is 14.2 Å². The molecule has 0 aromatic rings. The van der Waals surface area contributed by atoms with E-state index in [9.17, 15) is 0 Å². The summed E-state index contributed by atoms with van der Waals surface area (Å²) < 4.78 is 17.5. The quantitative estimate of drug-likeness (QED) is 0.620. The molecule has 3 heteroatoms. The molecule has 1 unspecified atom stereocenters. The SMILES string of the molecule is CO[C@]1(C)C[C@@H]2OCC3=CCCCC32O1. The second kappa shape index (κ2) is 3.06. The molecule has 3 rings (SSSR count). The van der Waals surface area contributed by atoms with Crippen LogP contribution in [0.1, 0.15) is 32.6 Å². The van der Waals surface area contributed by atoms with Gasteiger partial charge in [-0.05, 0) is 31.8 Å². The van der Waals surface area contributed by atoms with E-state index in [-0.39, 0.29) is 11.7 Å². The van der Waals surface area contributed by atoms with Gasteiger partial charge in [-0.3, -0.25) is 0 Å². The first-order chi connectivity index (χ1) is 7.19. The summed E-state index contributed by atoms with van der Waals surface area (Å²) >= 11 is 0. The minimum Gasteiger partial charge on any atom is -0.370 e. The van der Waals surface area contributed by atoms with Gasteiger partial charge in [0.2, 0.25) is 0 Å². The maximum absolute atomic E-state index is 6.20. The monoisotopic (exact) mass is 210 g/mol. The van der Waals surface area contributed by atoms with Crippen molar-refractivity contribution in [3.05, 3.63) is 11.6 Å². The lowest BCUT2D eigenvalue weighted by Crippen LogP contribution is -2.40. The first-order valence-electron chi connectivity index (χ1n) is 5.75. The Morgan fingerprint density at radius 1 is 1.53 bits per heavy atom. The normalized spacial score (nSPS) is 48.7. The molecule has 3 aliphatic rings. The van der Waals surface area contributed by atoms with Gasteiger partial charge < -0.3 is 14.2 Å². The maximum Gasteiger partial charge on any atom is 0.169 e. The molecule has 3 atom stereocenters. The van der Waals surface area contributed by atoms with Crippen LogP contribution < -0.4 is 0 Å². The van der Waals surface area contributed by atoms with E-state index in [2.05, 4.69) is 6.08 Å². The molecule has 84 valence electrons. The fourth-order valence-electron chi connectivity index (χ4n) is 3.14. The van der Waals surface area contributed by atoms with Crippen LogP contribution in [0.3, 0.4) is 0 Å². The highest BCUT2D eigenvalue weighted by Crippen LogP contribution is 2.52. The van der Waals surface area contributed by atoms with Gasteiger partial charge in [-0.2, -0.15) is 0 Å². The van der Waals surface area contributed by atoms with Crippen molar-refractivity contribution in [2.24, 2.45) is 0 Å². The summed E-state index contributed by atoms with van der Waals surface area (Å²) in [4.78, 5) is 0. The van der Waals surface area contributed by atoms with Crippen molar-refractivity contribution in [1.82, 2.24) is 0 Å². The van der Waals surface area contributed by atoms with E-state index in [4.69, 9.17) is 14.2 Å². The van der Waals surface area contributed by atoms with E-state index in [1.54, 1.807) is 7.11 Å². The largest absolute Gasteiger partial charge is 0.370 e. The molecule has 15 heavy (non-hydrogen) atoms. The molecule has 2 aliphatic heterocycles. The second-order valence-corrected chi connectivity index (χ2v) is 4.95. The van der Waals surface area contributed by atoms with Crippen molar-refractivity contribution in [3.8, 4) is 0 Å². The topological polar surface area (TPSA) is 27.7 Å². The molecule has 0 aromatic carbocycles. The first kappa shape index (κ1) is 9.82. The summed E-state index contributed by atoms with van der Waals surface area (Å²) in [5.74, 6) is -0.457. The third kappa shape index (κ3) is 1.23. The summed E-state index contributed by atoms with van der Waals surface area (Å²) in [5.41, 5.74) is 1.20. The Kier molecular flexibility index (Phi) is 2.00. The van der Waals surface area contributed by atoms with Gasteiger partial charge in [-0.25, -0.2) is 0 Å². The Hall–Kier alpha value is -0.380. The Morgan fingerprint density at radius 2 is 2.40 bits per heavy atom. The smallest absolute Gasteiger partial charge is 0.169 e. The van der Waals surface area contributed by atoms with Crippen LogP contribution in [0.4, 0.5) is 0 Å². The summed E-state index contributed by atoms with van der Waals surface area (Å²) in [7, 11) is 1.71. The Labute approximate surface area is 90.4 Å². The molecule has 0 radical (unpaired) electrons. The zero-order valence-corrected chi connectivity index (χ0v) is 9.41. The lowest BCUT2D eigenvalue weighted by molar-refractivity contribution is -0.221. The van der Waals surface area contributed by atoms with E-state index >= 15 is 0 Å². The molecule has 0 bridgehead atoms. The number of rotatable bonds is 1. The number of ether oxygens (including phenoxy) is 3. The van der Waals surface area contributed by atoms with Gasteiger partial charge in [0.15, 0.2) is 5.79 Å². The Bertz CT molecular complexity index is 312. The van der Waals surface area contributed by atoms with Crippen LogP contribution >= 0.6 is 0 Å². The van der Waals surface area contributed by atoms with Gasteiger partial charge >= 0.3 is 0 Å². The molecule has 1 spiro atoms. The molecule has 0 N–H and O–H groups in total. The van der Waals surface area contributed by atoms with Crippen molar-refractivity contribution in [2.75, 3.05) is 13.7 Å². The molecular formula is C12H18O3. The van der Waals surface area contributed by atoms with E-state index in [1.165, 1.54) is 18.4 Å². The van der Waals surface area contributed by atoms with E-state index in [1.807, 2.05) is 6.92 Å². The van der Waals surface area contributed by atoms with Crippen molar-refractivity contribution in [1.29, 1.82) is 0 Å². The van der Waals surface area contributed by atoms with Crippen LogP contribution in [0.25, 0.3) is 0 Å². The first-order valence-corrected chi connectivity index (χ1v) is 5.75. The molecule has 0 saturated carbocycles. The van der Waals surface area contributed by atoms with Gasteiger partial charge in [0.1, 0.15) is 5.60 Å². The maximum atomic E-state index is 6.20. The molecule has 2 heterocycles. The Morgan fingerprint density at radius 3 is 3.20 bits per heavy atom. The van der Waals surface area contributed by atoms with E-state index < -0.39 is 5.79 Å². The highest BCUT2D eigenvalue weighted by Gasteiger charge is 2.60. The molecular weight excluding hydrogens is 192 g/mol. The number of allylic oxidation sites excluding steroid dienone is 1. The fourth-order valence-corrected chi connectivity index (χ4v) is 3.14. The highest BCUT2D eigenvalue weighted by atomic mass is 16.7. The summed E-state index contributed by atoms with van der Waals surface area (Å²) in [6.45, 7) is 2.76. The van der Waals surface area contributed by atoms with Gasteiger partial charge in [-0.15, -0.1) is 0 Å². The average molecular weight is 210 g/mol. The van der Waals surface area contributed by atoms with Gasteiger partial charge in [-0.1, -0.05) is 6.08 Å². The predicted octanol–water partition coefficient (Wildman–Crippen LogP) is 2.02. The van der Waals surface area contributed by atoms with Crippen molar-refractivity contribution in [2.45, 2.75) is 50.1 Å². The number of hydrogen-bond acceptors (Lipinski definition) is 3. The number of hydrogen-bond donors (Lipinski definition) is 0. The zero-order valence-electron chi connectivity index (χ0n) is 9.41. The van der Waals surface area contributed by atoms with Crippen LogP contribution in [0.2, 0.25) is 0 Å². The molecule has 1 aliphatic carbocycles. The predicted molar refractivity (Wildman–Crippen MR) is 55.5 cm³/mol. The van der Waals surface area contributed by atoms with Gasteiger partial charge in [0.25, 0.3) is 0 Å². The van der Waals surface area contributed by atoms with Crippen molar-refractivity contribution >= 4 is 0 Å². The average Bonchev–Trinajstić information content (AvgIpc) is 2.69. The minimum absolute atomic E-state index is 0.150. The highest BCUT2D eigenvalue weighted by molar-refractivity contribution is 5.29. The summed E-state index contributed by atoms with van der Waals surface area (Å²) in [5, 5.41) is 0. The molecule has 2 fully saturated rings. The zero-order chi connectivity index (χ0) is 10.5. The van der Waals surface area contributed by atoms with Gasteiger partial charge in [0, 0.05) is 13.5 Å². The van der Waals surface area contributed by atoms with Crippen LogP contribution in [0, 0.1) is 0 Å². The summed E-state index contributed by atoms with van der Waals surface area (Å²) in [6, 6.07) is 0. The fraction of sp³-hybridized carbons (Fsp3) is 0.833. The second-order valence-electron chi connectivity index (χ2n) is 4.95. The molecule has 2 saturated heterocycles.